The minimum Gasteiger partial charge on any atom is -1.00 e. The summed E-state index contributed by atoms with van der Waals surface area (Å²) in [6, 6.07) is 26.5. The van der Waals surface area contributed by atoms with Crippen molar-refractivity contribution in [3.63, 3.8) is 0 Å². The molecule has 0 amide bonds. The van der Waals surface area contributed by atoms with E-state index in [1.165, 1.54) is 101 Å². The first-order valence-corrected chi connectivity index (χ1v) is 16.6. The van der Waals surface area contributed by atoms with Crippen molar-refractivity contribution in [1.82, 2.24) is 0 Å². The summed E-state index contributed by atoms with van der Waals surface area (Å²) in [7, 11) is 0. The quantitative estimate of drug-likeness (QED) is 0.0196. The summed E-state index contributed by atoms with van der Waals surface area (Å²) in [6.07, 6.45) is 15.2. The molecule has 2 fully saturated rings. The number of esters is 2. The van der Waals surface area contributed by atoms with Crippen LogP contribution in [-0.4, -0.2) is 74.0 Å². The first kappa shape index (κ1) is 51.2. The Hall–Kier alpha value is -1.92. The number of hydrogen-bond acceptors (Lipinski definition) is 4. The molecule has 0 atom stereocenters. The van der Waals surface area contributed by atoms with Crippen LogP contribution in [0.5, 0.6) is 0 Å². The molecule has 0 aliphatic heterocycles. The van der Waals surface area contributed by atoms with Crippen LogP contribution in [0.3, 0.4) is 0 Å². The van der Waals surface area contributed by atoms with Gasteiger partial charge in [-0.2, -0.15) is 0 Å². The van der Waals surface area contributed by atoms with Gasteiger partial charge in [-0.3, -0.25) is 0 Å². The summed E-state index contributed by atoms with van der Waals surface area (Å²) >= 11 is 0. The van der Waals surface area contributed by atoms with Gasteiger partial charge < -0.3 is 35.7 Å². The van der Waals surface area contributed by atoms with E-state index in [2.05, 4.69) is 108 Å². The summed E-state index contributed by atoms with van der Waals surface area (Å²) in [5, 5.41) is 10.8. The molecule has 2 aliphatic carbocycles. The van der Waals surface area contributed by atoms with Gasteiger partial charge in [-0.05, 0) is 81.8 Å². The first-order valence-electron chi connectivity index (χ1n) is 16.6. The summed E-state index contributed by atoms with van der Waals surface area (Å²) in [6.45, 7) is 13.7. The zero-order valence-electron chi connectivity index (χ0n) is 32.3. The largest absolute Gasteiger partial charge is 2.00 e. The Bertz CT molecular complexity index is 1760. The van der Waals surface area contributed by atoms with Crippen molar-refractivity contribution in [3.05, 3.63) is 125 Å². The van der Waals surface area contributed by atoms with Crippen molar-refractivity contribution in [2.24, 2.45) is 5.92 Å². The Kier molecular flexibility index (Phi) is 26.9. The minimum atomic E-state index is -0.489. The maximum atomic E-state index is 10.8. The van der Waals surface area contributed by atoms with E-state index in [9.17, 15) is 9.59 Å². The summed E-state index contributed by atoms with van der Waals surface area (Å²) < 4.78 is 9.38. The third kappa shape index (κ3) is 15.2. The molecule has 0 N–H and O–H groups in total. The van der Waals surface area contributed by atoms with Crippen molar-refractivity contribution in [1.29, 1.82) is 0 Å². The second-order valence-electron chi connectivity index (χ2n) is 12.3. The Balaban J connectivity index is -0.000000663. The van der Waals surface area contributed by atoms with Gasteiger partial charge in [0.05, 0.1) is 0 Å². The Labute approximate surface area is 363 Å². The molecule has 2 saturated carbocycles. The monoisotopic (exact) mass is 874 g/mol. The molecule has 0 radical (unpaired) electrons. The van der Waals surface area contributed by atoms with Crippen LogP contribution in [0, 0.1) is 20.8 Å². The van der Waals surface area contributed by atoms with E-state index >= 15 is 0 Å². The molecule has 0 bridgehead atoms. The number of hydrogen-bond donors (Lipinski definition) is 0. The van der Waals surface area contributed by atoms with Gasteiger partial charge in [-0.1, -0.05) is 131 Å². The Morgan fingerprint density at radius 3 is 1.59 bits per heavy atom. The van der Waals surface area contributed by atoms with Gasteiger partial charge in [0.2, 0.25) is 0 Å². The molecule has 5 aromatic carbocycles. The Morgan fingerprint density at radius 1 is 0.667 bits per heavy atom. The number of ether oxygens (including phenoxy) is 2. The second-order valence-corrected chi connectivity index (χ2v) is 12.3. The van der Waals surface area contributed by atoms with Crippen molar-refractivity contribution in [3.8, 4) is 0 Å². The zero-order chi connectivity index (χ0) is 32.9. The van der Waals surface area contributed by atoms with E-state index in [-0.39, 0.29) is 105 Å². The number of rotatable bonds is 6. The average molecular weight is 874 g/mol. The average Bonchev–Trinajstić information content (AvgIpc) is 3.84. The summed E-state index contributed by atoms with van der Waals surface area (Å²) in [4.78, 5) is 21.7. The van der Waals surface area contributed by atoms with Gasteiger partial charge in [-0.15, -0.1) is 6.58 Å². The number of carbonyl (C=O) groups is 2. The predicted octanol–water partition coefficient (Wildman–Crippen LogP) is 12.2. The molecule has 7 rings (SSSR count). The van der Waals surface area contributed by atoms with Crippen molar-refractivity contribution in [2.75, 3.05) is 13.2 Å². The van der Waals surface area contributed by atoms with Gasteiger partial charge in [0.1, 0.15) is 13.2 Å². The standard InChI is InChI=1S/C20H12.C10H14O4.C7H12.C5H10.2CH3.Ba.Fe.H2P.H/c1-2-7-17-15(4-1)12-16-9-8-13-5-3-6-14-10-11-18(17)20(16)19(13)14;1-7(2)9(11)13-5-6-14-10(12)8(3)4;1-2-7-5-3-4-6-7;1-2-4-5-3-1;;;;;;/h1-12H;1,3,5-6H2,2,4H3;2,7H,1,3-6H2;1-5H2;2*1H3;;;1H2;/q;;;;2*-1;2*+2;2*-1. The van der Waals surface area contributed by atoms with E-state index in [1.807, 2.05) is 0 Å². The molecule has 0 unspecified atom stereocenters. The van der Waals surface area contributed by atoms with Gasteiger partial charge in [0.25, 0.3) is 0 Å². The number of benzene rings is 5. The minimum absolute atomic E-state index is 0. The molecule has 0 aromatic heterocycles. The maximum Gasteiger partial charge on any atom is 2.00 e. The molecule has 51 heavy (non-hydrogen) atoms. The van der Waals surface area contributed by atoms with Crippen LogP contribution in [0.1, 0.15) is 73.1 Å². The number of carbonyl (C=O) groups excluding carboxylic acids is 2. The number of allylic oxidation sites excluding steroid dienone is 1. The van der Waals surface area contributed by atoms with E-state index in [1.54, 1.807) is 13.8 Å². The van der Waals surface area contributed by atoms with Crippen molar-refractivity contribution in [2.45, 2.75) is 71.6 Å². The van der Waals surface area contributed by atoms with Crippen LogP contribution < -0.4 is 0 Å². The van der Waals surface area contributed by atoms with Crippen LogP contribution in [0.25, 0.3) is 43.1 Å². The van der Waals surface area contributed by atoms with Crippen LogP contribution in [0.2, 0.25) is 0 Å². The summed E-state index contributed by atoms with van der Waals surface area (Å²) in [5.74, 6) is -0.118. The molecule has 0 saturated heterocycles. The zero-order valence-corrected chi connectivity index (χ0v) is 38.0. The van der Waals surface area contributed by atoms with Crippen LogP contribution in [-0.2, 0) is 36.1 Å². The van der Waals surface area contributed by atoms with Crippen molar-refractivity contribution >= 4 is 114 Å². The molecule has 4 nitrogen and oxygen atoms in total. The fraction of sp³-hybridized carbons (Fsp3) is 0.318. The van der Waals surface area contributed by atoms with Gasteiger partial charge in [0.15, 0.2) is 0 Å². The van der Waals surface area contributed by atoms with E-state index < -0.39 is 11.9 Å². The van der Waals surface area contributed by atoms with E-state index in [0.717, 1.165) is 5.92 Å². The fourth-order valence-corrected chi connectivity index (χ4v) is 6.08. The van der Waals surface area contributed by atoms with Crippen LogP contribution >= 0.6 is 9.90 Å². The molecule has 7 heteroatoms. The van der Waals surface area contributed by atoms with E-state index in [4.69, 9.17) is 0 Å². The molecule has 0 heterocycles. The van der Waals surface area contributed by atoms with Crippen LogP contribution in [0.15, 0.2) is 110 Å². The van der Waals surface area contributed by atoms with Gasteiger partial charge in [-0.25, -0.2) is 9.59 Å². The fourth-order valence-electron chi connectivity index (χ4n) is 6.08. The smallest absolute Gasteiger partial charge is 1.00 e. The molecule has 5 aromatic rings. The van der Waals surface area contributed by atoms with Gasteiger partial charge in [0, 0.05) is 11.1 Å². The van der Waals surface area contributed by atoms with Crippen molar-refractivity contribution < 1.29 is 37.6 Å². The summed E-state index contributed by atoms with van der Waals surface area (Å²) in [5.41, 5.74) is 0.632. The van der Waals surface area contributed by atoms with E-state index in [0.29, 0.717) is 11.1 Å². The molecular formula is C44H57BaFeO4P. The Morgan fingerprint density at radius 2 is 1.12 bits per heavy atom. The molecule has 272 valence electrons. The first-order chi connectivity index (χ1) is 22.3. The third-order valence-electron chi connectivity index (χ3n) is 8.60. The topological polar surface area (TPSA) is 52.6 Å². The third-order valence-corrected chi connectivity index (χ3v) is 8.60. The molecule has 0 spiro atoms. The molecular weight excluding hydrogens is 817 g/mol. The number of fused-ring (bicyclic) bond motifs is 2. The SMILES string of the molecule is C1CCCC1.C=C(C)C(=O)OCCOC(=O)C(=C)C.C=CC1CCCC1.[Ba+2].[CH3-].[CH3-].[Fe+2].[H-].[PH2-].c1ccc2c(c1)cc1ccc3cccc4ccc2c1c34. The normalized spacial score (nSPS) is 12.7. The maximum absolute atomic E-state index is 10.8. The molecule has 2 aliphatic rings. The van der Waals surface area contributed by atoms with Gasteiger partial charge >= 0.3 is 77.9 Å². The second kappa shape index (κ2) is 26.8. The predicted molar refractivity (Wildman–Crippen MR) is 224 cm³/mol. The van der Waals surface area contributed by atoms with Crippen LogP contribution in [0.4, 0.5) is 0 Å².